The number of para-hydroxylation sites is 1. The van der Waals surface area contributed by atoms with E-state index >= 15 is 0 Å². The SMILES string of the molecule is c1ccc2c(c1)cc(C1N=C(n3c4ccccc4c4c5c6ccccc6sc5c5ccccc5c43)Nc3c1sc1ccccc31)c1ccccc12. The second kappa shape index (κ2) is 10.3. The molecule has 5 heteroatoms. The van der Waals surface area contributed by atoms with Crippen LogP contribution in [-0.4, -0.2) is 10.5 Å². The Kier molecular flexibility index (Phi) is 5.59. The van der Waals surface area contributed by atoms with Gasteiger partial charge >= 0.3 is 0 Å². The summed E-state index contributed by atoms with van der Waals surface area (Å²) in [5.74, 6) is 0.850. The Morgan fingerprint density at radius 1 is 0.510 bits per heavy atom. The maximum Gasteiger partial charge on any atom is 0.208 e. The van der Waals surface area contributed by atoms with Gasteiger partial charge in [0.15, 0.2) is 0 Å². The molecule has 1 aliphatic rings. The van der Waals surface area contributed by atoms with Crippen LogP contribution in [0.4, 0.5) is 5.69 Å². The van der Waals surface area contributed by atoms with E-state index in [4.69, 9.17) is 4.99 Å². The van der Waals surface area contributed by atoms with E-state index in [1.54, 1.807) is 0 Å². The van der Waals surface area contributed by atoms with Crippen LogP contribution in [0.25, 0.3) is 84.4 Å². The molecule has 1 aliphatic heterocycles. The topological polar surface area (TPSA) is 29.3 Å². The molecule has 3 aromatic heterocycles. The van der Waals surface area contributed by atoms with Gasteiger partial charge in [0.25, 0.3) is 0 Å². The number of nitrogens with zero attached hydrogens (tertiary/aromatic N) is 2. The van der Waals surface area contributed by atoms with Gasteiger partial charge < -0.3 is 5.32 Å². The van der Waals surface area contributed by atoms with E-state index < -0.39 is 0 Å². The summed E-state index contributed by atoms with van der Waals surface area (Å²) in [6, 6.07) is 55.2. The Morgan fingerprint density at radius 3 is 1.94 bits per heavy atom. The minimum Gasteiger partial charge on any atom is -0.324 e. The Bertz CT molecular complexity index is 3300. The quantitative estimate of drug-likeness (QED) is 0.171. The highest BCUT2D eigenvalue weighted by atomic mass is 32.1. The molecule has 8 aromatic carbocycles. The summed E-state index contributed by atoms with van der Waals surface area (Å²) in [6.45, 7) is 0. The second-order valence-electron chi connectivity index (χ2n) is 13.5. The van der Waals surface area contributed by atoms with E-state index in [-0.39, 0.29) is 6.04 Å². The first-order valence-electron chi connectivity index (χ1n) is 17.3. The fourth-order valence-corrected chi connectivity index (χ4v) is 11.2. The number of aliphatic imine (C=N–C) groups is 1. The highest BCUT2D eigenvalue weighted by molar-refractivity contribution is 7.27. The monoisotopic (exact) mass is 685 g/mol. The molecule has 0 saturated carbocycles. The predicted octanol–water partition coefficient (Wildman–Crippen LogP) is 13.3. The minimum atomic E-state index is -0.198. The fraction of sp³-hybridized carbons (Fsp3) is 0.0217. The van der Waals surface area contributed by atoms with Gasteiger partial charge in [0.2, 0.25) is 5.96 Å². The third-order valence-corrected chi connectivity index (χ3v) is 13.2. The maximum atomic E-state index is 5.81. The maximum absolute atomic E-state index is 5.81. The molecule has 238 valence electrons. The number of nitrogens with one attached hydrogen (secondary N) is 1. The Balaban J connectivity index is 1.25. The van der Waals surface area contributed by atoms with Crippen LogP contribution in [0.3, 0.4) is 0 Å². The van der Waals surface area contributed by atoms with Gasteiger partial charge in [0.05, 0.1) is 21.6 Å². The first kappa shape index (κ1) is 27.8. The normalized spacial score (nSPS) is 14.7. The lowest BCUT2D eigenvalue weighted by Gasteiger charge is -2.26. The molecule has 0 aliphatic carbocycles. The van der Waals surface area contributed by atoms with E-state index in [2.05, 4.69) is 162 Å². The lowest BCUT2D eigenvalue weighted by Crippen LogP contribution is -2.27. The van der Waals surface area contributed by atoms with Crippen LogP contribution >= 0.6 is 22.7 Å². The average Bonchev–Trinajstić information content (AvgIpc) is 3.87. The van der Waals surface area contributed by atoms with Crippen LogP contribution in [0.2, 0.25) is 0 Å². The van der Waals surface area contributed by atoms with E-state index in [0.29, 0.717) is 0 Å². The summed E-state index contributed by atoms with van der Waals surface area (Å²) in [7, 11) is 0. The number of hydrogen-bond acceptors (Lipinski definition) is 4. The van der Waals surface area contributed by atoms with Crippen molar-refractivity contribution in [2.75, 3.05) is 5.32 Å². The Morgan fingerprint density at radius 2 is 1.12 bits per heavy atom. The van der Waals surface area contributed by atoms with Crippen LogP contribution in [0.5, 0.6) is 0 Å². The molecule has 1 atom stereocenters. The number of hydrogen-bond donors (Lipinski definition) is 1. The van der Waals surface area contributed by atoms with Crippen LogP contribution in [0, 0.1) is 0 Å². The van der Waals surface area contributed by atoms with Crippen molar-refractivity contribution in [1.29, 1.82) is 0 Å². The summed E-state index contributed by atoms with van der Waals surface area (Å²) in [5.41, 5.74) is 4.73. The lowest BCUT2D eigenvalue weighted by atomic mass is 9.92. The Hall–Kier alpha value is -6.01. The zero-order chi connectivity index (χ0) is 33.2. The third kappa shape index (κ3) is 3.74. The van der Waals surface area contributed by atoms with Crippen molar-refractivity contribution in [2.45, 2.75) is 6.04 Å². The zero-order valence-corrected chi connectivity index (χ0v) is 28.9. The molecule has 1 unspecified atom stereocenters. The van der Waals surface area contributed by atoms with Gasteiger partial charge in [-0.3, -0.25) is 4.57 Å². The molecule has 0 amide bonds. The molecule has 0 radical (unpaired) electrons. The van der Waals surface area contributed by atoms with Gasteiger partial charge in [0, 0.05) is 51.8 Å². The van der Waals surface area contributed by atoms with Gasteiger partial charge in [-0.25, -0.2) is 4.99 Å². The highest BCUT2D eigenvalue weighted by Gasteiger charge is 2.32. The number of thiophene rings is 2. The fourth-order valence-electron chi connectivity index (χ4n) is 8.68. The first-order valence-corrected chi connectivity index (χ1v) is 19.0. The Labute approximate surface area is 300 Å². The van der Waals surface area contributed by atoms with Crippen molar-refractivity contribution in [2.24, 2.45) is 4.99 Å². The van der Waals surface area contributed by atoms with Crippen LogP contribution in [0.1, 0.15) is 16.5 Å². The smallest absolute Gasteiger partial charge is 0.208 e. The average molecular weight is 686 g/mol. The number of rotatable bonds is 1. The van der Waals surface area contributed by atoms with E-state index in [1.165, 1.54) is 89.3 Å². The van der Waals surface area contributed by atoms with Crippen molar-refractivity contribution in [3.8, 4) is 0 Å². The largest absolute Gasteiger partial charge is 0.324 e. The predicted molar refractivity (Wildman–Crippen MR) is 221 cm³/mol. The summed E-state index contributed by atoms with van der Waals surface area (Å²) >= 11 is 3.75. The molecule has 0 fully saturated rings. The summed E-state index contributed by atoms with van der Waals surface area (Å²) in [6.07, 6.45) is 0. The second-order valence-corrected chi connectivity index (χ2v) is 15.6. The first-order chi connectivity index (χ1) is 25.3. The molecule has 0 bridgehead atoms. The van der Waals surface area contributed by atoms with Gasteiger partial charge in [0.1, 0.15) is 6.04 Å². The van der Waals surface area contributed by atoms with Gasteiger partial charge in [-0.05, 0) is 51.4 Å². The minimum absolute atomic E-state index is 0.198. The highest BCUT2D eigenvalue weighted by Crippen LogP contribution is 2.50. The molecule has 4 heterocycles. The molecule has 0 saturated heterocycles. The lowest BCUT2D eigenvalue weighted by molar-refractivity contribution is 0.883. The van der Waals surface area contributed by atoms with E-state index in [0.717, 1.165) is 17.2 Å². The van der Waals surface area contributed by atoms with Gasteiger partial charge in [-0.2, -0.15) is 0 Å². The molecule has 12 rings (SSSR count). The van der Waals surface area contributed by atoms with Crippen molar-refractivity contribution in [3.63, 3.8) is 0 Å². The summed E-state index contributed by atoms with van der Waals surface area (Å²) in [5, 5.41) is 17.9. The van der Waals surface area contributed by atoms with Crippen molar-refractivity contribution in [1.82, 2.24) is 4.57 Å². The van der Waals surface area contributed by atoms with Crippen molar-refractivity contribution < 1.29 is 0 Å². The van der Waals surface area contributed by atoms with Crippen LogP contribution < -0.4 is 5.32 Å². The number of fused-ring (bicyclic) bond motifs is 16. The van der Waals surface area contributed by atoms with Gasteiger partial charge in [-0.1, -0.05) is 127 Å². The van der Waals surface area contributed by atoms with Crippen LogP contribution in [0.15, 0.2) is 157 Å². The van der Waals surface area contributed by atoms with Crippen molar-refractivity contribution in [3.05, 3.63) is 162 Å². The van der Waals surface area contributed by atoms with E-state index in [1.807, 2.05) is 22.7 Å². The number of benzene rings is 8. The third-order valence-electron chi connectivity index (χ3n) is 10.8. The molecular weight excluding hydrogens is 659 g/mol. The van der Waals surface area contributed by atoms with Gasteiger partial charge in [-0.15, -0.1) is 22.7 Å². The number of aromatic nitrogens is 1. The standard InChI is InChI=1S/C46H27N3S2/c1-2-14-27-26(13-1)25-35(29-16-4-3-15-28(27)29)42-45-41(34-21-9-12-24-38(34)51-45)47-46(48-42)49-36-22-10-7-19-32(36)39-40-33-20-8-11-23-37(33)50-44(40)31-18-6-5-17-30(31)43(39)49/h1-25,42H,(H,47,48). The molecule has 0 spiro atoms. The zero-order valence-electron chi connectivity index (χ0n) is 27.2. The van der Waals surface area contributed by atoms with Crippen LogP contribution in [-0.2, 0) is 0 Å². The number of anilines is 1. The molecular formula is C46H27N3S2. The molecule has 3 nitrogen and oxygen atoms in total. The molecule has 11 aromatic rings. The summed E-state index contributed by atoms with van der Waals surface area (Å²) < 4.78 is 6.34. The molecule has 51 heavy (non-hydrogen) atoms. The summed E-state index contributed by atoms with van der Waals surface area (Å²) in [4.78, 5) is 7.05. The molecule has 1 N–H and O–H groups in total. The van der Waals surface area contributed by atoms with E-state index in [9.17, 15) is 0 Å². The van der Waals surface area contributed by atoms with Crippen molar-refractivity contribution >= 4 is 119 Å².